The third-order valence-corrected chi connectivity index (χ3v) is 5.98. The van der Waals surface area contributed by atoms with Crippen LogP contribution in [-0.4, -0.2) is 48.4 Å². The van der Waals surface area contributed by atoms with Crippen LogP contribution < -0.4 is 0 Å². The molecule has 1 aromatic heterocycles. The number of thiophene rings is 1. The summed E-state index contributed by atoms with van der Waals surface area (Å²) < 4.78 is 0. The molecule has 2 aliphatic rings. The van der Waals surface area contributed by atoms with Gasteiger partial charge in [0, 0.05) is 25.0 Å². The molecule has 2 fully saturated rings. The summed E-state index contributed by atoms with van der Waals surface area (Å²) in [5, 5.41) is 3.96. The number of carbonyl (C=O) groups excluding carboxylic acids is 1. The number of nitrogens with zero attached hydrogens (tertiary/aromatic N) is 2. The number of hydrogen-bond acceptors (Lipinski definition) is 3. The van der Waals surface area contributed by atoms with E-state index in [0.29, 0.717) is 0 Å². The minimum Gasteiger partial charge on any atom is -0.339 e. The zero-order chi connectivity index (χ0) is 15.4. The number of likely N-dealkylation sites (tertiary alicyclic amines) is 2. The summed E-state index contributed by atoms with van der Waals surface area (Å²) >= 11 is 1.61. The number of hydrogen-bond donors (Lipinski definition) is 0. The molecular weight excluding hydrogens is 292 g/mol. The molecule has 2 aliphatic heterocycles. The molecule has 1 unspecified atom stereocenters. The van der Waals surface area contributed by atoms with Crippen molar-refractivity contribution in [3.8, 4) is 0 Å². The van der Waals surface area contributed by atoms with Gasteiger partial charge in [-0.2, -0.15) is 11.3 Å². The molecule has 3 nitrogen and oxygen atoms in total. The zero-order valence-corrected chi connectivity index (χ0v) is 14.5. The quantitative estimate of drug-likeness (QED) is 0.847. The van der Waals surface area contributed by atoms with E-state index in [0.717, 1.165) is 36.9 Å². The first-order valence-electron chi connectivity index (χ1n) is 8.76. The van der Waals surface area contributed by atoms with Gasteiger partial charge in [0.05, 0.1) is 5.56 Å². The number of piperidine rings is 1. The van der Waals surface area contributed by atoms with E-state index >= 15 is 0 Å². The van der Waals surface area contributed by atoms with Gasteiger partial charge in [-0.05, 0) is 68.5 Å². The first-order chi connectivity index (χ1) is 10.7. The first kappa shape index (κ1) is 16.0. The van der Waals surface area contributed by atoms with Gasteiger partial charge in [0.25, 0.3) is 5.91 Å². The Morgan fingerprint density at radius 3 is 2.73 bits per heavy atom. The molecule has 1 aromatic rings. The fourth-order valence-electron chi connectivity index (χ4n) is 3.73. The smallest absolute Gasteiger partial charge is 0.254 e. The van der Waals surface area contributed by atoms with E-state index in [4.69, 9.17) is 0 Å². The van der Waals surface area contributed by atoms with Crippen molar-refractivity contribution < 1.29 is 4.79 Å². The Balaban J connectivity index is 1.48. The normalized spacial score (nSPS) is 25.1. The molecule has 4 heteroatoms. The van der Waals surface area contributed by atoms with Crippen molar-refractivity contribution in [3.63, 3.8) is 0 Å². The van der Waals surface area contributed by atoms with Gasteiger partial charge in [-0.1, -0.05) is 6.92 Å². The Hall–Kier alpha value is -0.870. The molecule has 0 aromatic carbocycles. The zero-order valence-electron chi connectivity index (χ0n) is 13.7. The van der Waals surface area contributed by atoms with Crippen molar-refractivity contribution in [2.45, 2.75) is 39.0 Å². The van der Waals surface area contributed by atoms with E-state index < -0.39 is 0 Å². The lowest BCUT2D eigenvalue weighted by molar-refractivity contribution is 0.0758. The van der Waals surface area contributed by atoms with Gasteiger partial charge in [0.15, 0.2) is 0 Å². The summed E-state index contributed by atoms with van der Waals surface area (Å²) in [6, 6.07) is 1.95. The SMILES string of the molecule is CC1CCN(CC2CCCN(C(=O)c3ccsc3)CC2)CC1. The van der Waals surface area contributed by atoms with Crippen molar-refractivity contribution in [1.29, 1.82) is 0 Å². The van der Waals surface area contributed by atoms with E-state index in [1.807, 2.05) is 16.8 Å². The average molecular weight is 321 g/mol. The van der Waals surface area contributed by atoms with Crippen LogP contribution in [0.4, 0.5) is 0 Å². The minimum absolute atomic E-state index is 0.230. The molecule has 3 rings (SSSR count). The highest BCUT2D eigenvalue weighted by Gasteiger charge is 2.24. The number of rotatable bonds is 3. The summed E-state index contributed by atoms with van der Waals surface area (Å²) in [6.45, 7) is 8.03. The van der Waals surface area contributed by atoms with E-state index in [1.54, 1.807) is 11.3 Å². The Bertz CT molecular complexity index is 465. The van der Waals surface area contributed by atoms with Crippen LogP contribution in [0, 0.1) is 11.8 Å². The van der Waals surface area contributed by atoms with Crippen molar-refractivity contribution in [2.24, 2.45) is 11.8 Å². The van der Waals surface area contributed by atoms with Crippen molar-refractivity contribution in [2.75, 3.05) is 32.7 Å². The highest BCUT2D eigenvalue weighted by Crippen LogP contribution is 2.23. The van der Waals surface area contributed by atoms with E-state index in [2.05, 4.69) is 16.7 Å². The van der Waals surface area contributed by atoms with Crippen LogP contribution in [-0.2, 0) is 0 Å². The van der Waals surface area contributed by atoms with Gasteiger partial charge in [-0.15, -0.1) is 0 Å². The van der Waals surface area contributed by atoms with Crippen LogP contribution in [0.25, 0.3) is 0 Å². The lowest BCUT2D eigenvalue weighted by Gasteiger charge is -2.32. The number of carbonyl (C=O) groups is 1. The molecule has 0 N–H and O–H groups in total. The van der Waals surface area contributed by atoms with Gasteiger partial charge < -0.3 is 9.80 Å². The second kappa shape index (κ2) is 7.60. The maximum absolute atomic E-state index is 12.5. The lowest BCUT2D eigenvalue weighted by Crippen LogP contribution is -2.37. The molecule has 3 heterocycles. The van der Waals surface area contributed by atoms with Crippen molar-refractivity contribution in [3.05, 3.63) is 22.4 Å². The number of amides is 1. The van der Waals surface area contributed by atoms with Crippen molar-refractivity contribution >= 4 is 17.2 Å². The Kier molecular flexibility index (Phi) is 5.53. The summed E-state index contributed by atoms with van der Waals surface area (Å²) in [5.74, 6) is 1.91. The largest absolute Gasteiger partial charge is 0.339 e. The van der Waals surface area contributed by atoms with Crippen LogP contribution >= 0.6 is 11.3 Å². The fraction of sp³-hybridized carbons (Fsp3) is 0.722. The van der Waals surface area contributed by atoms with Crippen LogP contribution in [0.3, 0.4) is 0 Å². The first-order valence-corrected chi connectivity index (χ1v) is 9.70. The highest BCUT2D eigenvalue weighted by atomic mass is 32.1. The maximum Gasteiger partial charge on any atom is 0.254 e. The summed E-state index contributed by atoms with van der Waals surface area (Å²) in [6.07, 6.45) is 6.32. The summed E-state index contributed by atoms with van der Waals surface area (Å²) in [5.41, 5.74) is 0.869. The topological polar surface area (TPSA) is 23.6 Å². The standard InChI is InChI=1S/C18H28N2OS/c1-15-4-9-19(10-5-15)13-16-3-2-8-20(11-6-16)18(21)17-7-12-22-14-17/h7,12,14-16H,2-6,8-11,13H2,1H3. The lowest BCUT2D eigenvalue weighted by atomic mass is 9.95. The van der Waals surface area contributed by atoms with Gasteiger partial charge in [0.1, 0.15) is 0 Å². The fourth-order valence-corrected chi connectivity index (χ4v) is 4.36. The second-order valence-corrected chi connectivity index (χ2v) is 7.86. The monoisotopic (exact) mass is 320 g/mol. The Labute approximate surface area is 138 Å². The third-order valence-electron chi connectivity index (χ3n) is 5.30. The second-order valence-electron chi connectivity index (χ2n) is 7.08. The van der Waals surface area contributed by atoms with Gasteiger partial charge in [-0.25, -0.2) is 0 Å². The molecule has 0 bridgehead atoms. The predicted octanol–water partition coefficient (Wildman–Crippen LogP) is 3.72. The molecule has 122 valence electrons. The summed E-state index contributed by atoms with van der Waals surface area (Å²) in [7, 11) is 0. The van der Waals surface area contributed by atoms with Gasteiger partial charge in [-0.3, -0.25) is 4.79 Å². The molecule has 0 aliphatic carbocycles. The molecule has 1 atom stereocenters. The van der Waals surface area contributed by atoms with E-state index in [-0.39, 0.29) is 5.91 Å². The molecule has 1 amide bonds. The molecule has 22 heavy (non-hydrogen) atoms. The molecule has 0 saturated carbocycles. The molecule has 2 saturated heterocycles. The Morgan fingerprint density at radius 2 is 2.00 bits per heavy atom. The van der Waals surface area contributed by atoms with Gasteiger partial charge >= 0.3 is 0 Å². The average Bonchev–Trinajstić information content (AvgIpc) is 2.96. The van der Waals surface area contributed by atoms with E-state index in [9.17, 15) is 4.79 Å². The predicted molar refractivity (Wildman–Crippen MR) is 92.4 cm³/mol. The highest BCUT2D eigenvalue weighted by molar-refractivity contribution is 7.08. The maximum atomic E-state index is 12.5. The molecule has 0 spiro atoms. The molecular formula is C18H28N2OS. The van der Waals surface area contributed by atoms with Crippen LogP contribution in [0.15, 0.2) is 16.8 Å². The van der Waals surface area contributed by atoms with E-state index in [1.165, 1.54) is 45.3 Å². The van der Waals surface area contributed by atoms with Gasteiger partial charge in [0.2, 0.25) is 0 Å². The minimum atomic E-state index is 0.230. The van der Waals surface area contributed by atoms with Crippen LogP contribution in [0.2, 0.25) is 0 Å². The third kappa shape index (κ3) is 4.11. The molecule has 0 radical (unpaired) electrons. The van der Waals surface area contributed by atoms with Crippen molar-refractivity contribution in [1.82, 2.24) is 9.80 Å². The summed E-state index contributed by atoms with van der Waals surface area (Å²) in [4.78, 5) is 17.2. The van der Waals surface area contributed by atoms with Crippen LogP contribution in [0.5, 0.6) is 0 Å². The van der Waals surface area contributed by atoms with Crippen LogP contribution in [0.1, 0.15) is 49.4 Å². The Morgan fingerprint density at radius 1 is 1.18 bits per heavy atom.